The number of carbonyl (C=O) groups excluding carboxylic acids is 2. The minimum absolute atomic E-state index is 0.0361. The van der Waals surface area contributed by atoms with Crippen LogP contribution in [0, 0.1) is 5.92 Å². The summed E-state index contributed by atoms with van der Waals surface area (Å²) in [4.78, 5) is 41.0. The third-order valence-electron chi connectivity index (χ3n) is 4.30. The Morgan fingerprint density at radius 2 is 2.11 bits per heavy atom. The number of nitrogens with zero attached hydrogens (tertiary/aromatic N) is 2. The van der Waals surface area contributed by atoms with Crippen molar-refractivity contribution in [1.82, 2.24) is 15.2 Å². The molecule has 9 heteroatoms. The molecule has 1 saturated heterocycles. The van der Waals surface area contributed by atoms with Crippen LogP contribution in [0.1, 0.15) is 27.5 Å². The Balaban J connectivity index is 1.52. The van der Waals surface area contributed by atoms with Gasteiger partial charge in [0.05, 0.1) is 19.6 Å². The lowest BCUT2D eigenvalue weighted by molar-refractivity contribution is -0.129. The maximum atomic E-state index is 12.3. The van der Waals surface area contributed by atoms with E-state index in [0.29, 0.717) is 18.1 Å². The van der Waals surface area contributed by atoms with Crippen molar-refractivity contribution < 1.29 is 24.2 Å². The molecule has 1 aliphatic rings. The molecule has 142 valence electrons. The Morgan fingerprint density at radius 3 is 2.74 bits per heavy atom. The Labute approximate surface area is 159 Å². The van der Waals surface area contributed by atoms with Crippen LogP contribution in [-0.4, -0.2) is 46.4 Å². The third kappa shape index (κ3) is 4.62. The molecule has 1 atom stereocenters. The first-order valence-corrected chi connectivity index (χ1v) is 9.20. The number of aromatic nitrogens is 1. The van der Waals surface area contributed by atoms with E-state index in [1.54, 1.807) is 12.0 Å². The molecule has 1 aromatic heterocycles. The average molecular weight is 389 g/mol. The summed E-state index contributed by atoms with van der Waals surface area (Å²) in [5.74, 6) is -1.06. The molecule has 1 aromatic carbocycles. The van der Waals surface area contributed by atoms with Gasteiger partial charge >= 0.3 is 5.97 Å². The number of hydrogen-bond acceptors (Lipinski definition) is 6. The Hall–Kier alpha value is -2.94. The largest absolute Gasteiger partial charge is 0.497 e. The molecule has 8 nitrogen and oxygen atoms in total. The molecule has 0 spiro atoms. The van der Waals surface area contributed by atoms with E-state index in [9.17, 15) is 14.4 Å². The van der Waals surface area contributed by atoms with E-state index in [2.05, 4.69) is 10.3 Å². The number of amides is 2. The van der Waals surface area contributed by atoms with E-state index in [-0.39, 0.29) is 30.5 Å². The van der Waals surface area contributed by atoms with Crippen molar-refractivity contribution in [2.75, 3.05) is 13.7 Å². The number of aromatic carboxylic acids is 1. The summed E-state index contributed by atoms with van der Waals surface area (Å²) in [7, 11) is 1.59. The van der Waals surface area contributed by atoms with E-state index < -0.39 is 11.9 Å². The number of benzene rings is 1. The third-order valence-corrected chi connectivity index (χ3v) is 5.15. The number of nitrogens with one attached hydrogen (secondary N) is 1. The second-order valence-corrected chi connectivity index (χ2v) is 7.12. The maximum absolute atomic E-state index is 12.3. The van der Waals surface area contributed by atoms with Gasteiger partial charge in [0.2, 0.25) is 11.8 Å². The van der Waals surface area contributed by atoms with Gasteiger partial charge in [-0.15, -0.1) is 11.3 Å². The van der Waals surface area contributed by atoms with Crippen molar-refractivity contribution >= 4 is 29.1 Å². The van der Waals surface area contributed by atoms with Gasteiger partial charge in [0.1, 0.15) is 10.8 Å². The van der Waals surface area contributed by atoms with Crippen LogP contribution >= 0.6 is 11.3 Å². The highest BCUT2D eigenvalue weighted by molar-refractivity contribution is 7.09. The Bertz CT molecular complexity index is 849. The second-order valence-electron chi connectivity index (χ2n) is 6.17. The standard InChI is InChI=1S/C18H19N3O5S/c1-26-13-4-2-11(3-5-13)8-21-9-12(6-16(21)22)17(23)19-7-15-20-14(10-27-15)18(24)25/h2-5,10,12H,6-9H2,1H3,(H,19,23)(H,24,25)/t12-/m1/s1. The van der Waals surface area contributed by atoms with Crippen LogP contribution in [0.2, 0.25) is 0 Å². The van der Waals surface area contributed by atoms with E-state index >= 15 is 0 Å². The number of carbonyl (C=O) groups is 3. The lowest BCUT2D eigenvalue weighted by Crippen LogP contribution is -2.32. The zero-order chi connectivity index (χ0) is 19.4. The summed E-state index contributed by atoms with van der Waals surface area (Å²) in [5, 5.41) is 13.5. The lowest BCUT2D eigenvalue weighted by Gasteiger charge is -2.17. The van der Waals surface area contributed by atoms with E-state index in [0.717, 1.165) is 11.3 Å². The lowest BCUT2D eigenvalue weighted by atomic mass is 10.1. The van der Waals surface area contributed by atoms with E-state index in [1.165, 1.54) is 16.7 Å². The van der Waals surface area contributed by atoms with Gasteiger partial charge in [-0.3, -0.25) is 9.59 Å². The first-order valence-electron chi connectivity index (χ1n) is 8.32. The zero-order valence-electron chi connectivity index (χ0n) is 14.7. The summed E-state index contributed by atoms with van der Waals surface area (Å²) in [6, 6.07) is 7.45. The van der Waals surface area contributed by atoms with Crippen LogP contribution < -0.4 is 10.1 Å². The second kappa shape index (κ2) is 8.17. The smallest absolute Gasteiger partial charge is 0.355 e. The molecule has 0 radical (unpaired) electrons. The molecule has 0 saturated carbocycles. The summed E-state index contributed by atoms with van der Waals surface area (Å²) in [5.41, 5.74) is 0.931. The highest BCUT2D eigenvalue weighted by atomic mass is 32.1. The van der Waals surface area contributed by atoms with Gasteiger partial charge in [-0.05, 0) is 17.7 Å². The summed E-state index contributed by atoms with van der Waals surface area (Å²) >= 11 is 1.17. The predicted molar refractivity (Wildman–Crippen MR) is 97.4 cm³/mol. The fourth-order valence-corrected chi connectivity index (χ4v) is 3.56. The van der Waals surface area contributed by atoms with E-state index in [4.69, 9.17) is 9.84 Å². The van der Waals surface area contributed by atoms with Crippen molar-refractivity contribution in [2.24, 2.45) is 5.92 Å². The molecule has 1 fully saturated rings. The van der Waals surface area contributed by atoms with Crippen LogP contribution in [0.5, 0.6) is 5.75 Å². The average Bonchev–Trinajstić information content (AvgIpc) is 3.28. The maximum Gasteiger partial charge on any atom is 0.355 e. The van der Waals surface area contributed by atoms with Crippen molar-refractivity contribution in [3.8, 4) is 5.75 Å². The van der Waals surface area contributed by atoms with Crippen molar-refractivity contribution in [2.45, 2.75) is 19.5 Å². The molecular formula is C18H19N3O5S. The van der Waals surface area contributed by atoms with Crippen molar-refractivity contribution in [1.29, 1.82) is 0 Å². The van der Waals surface area contributed by atoms with Gasteiger partial charge in [0.25, 0.3) is 0 Å². The van der Waals surface area contributed by atoms with Gasteiger partial charge in [-0.2, -0.15) is 0 Å². The first-order chi connectivity index (χ1) is 13.0. The minimum atomic E-state index is -1.10. The Kier molecular flexibility index (Phi) is 5.70. The number of thiazole rings is 1. The Morgan fingerprint density at radius 1 is 1.37 bits per heavy atom. The molecule has 27 heavy (non-hydrogen) atoms. The highest BCUT2D eigenvalue weighted by Gasteiger charge is 2.34. The molecule has 0 unspecified atom stereocenters. The van der Waals surface area contributed by atoms with Crippen LogP contribution in [0.4, 0.5) is 0 Å². The number of likely N-dealkylation sites (tertiary alicyclic amines) is 1. The monoisotopic (exact) mass is 389 g/mol. The first kappa shape index (κ1) is 18.8. The molecule has 2 amide bonds. The van der Waals surface area contributed by atoms with Crippen LogP contribution in [0.3, 0.4) is 0 Å². The normalized spacial score (nSPS) is 16.4. The summed E-state index contributed by atoms with van der Waals surface area (Å²) in [6.07, 6.45) is 0.167. The zero-order valence-corrected chi connectivity index (χ0v) is 15.5. The number of carboxylic acids is 1. The van der Waals surface area contributed by atoms with Crippen molar-refractivity contribution in [3.63, 3.8) is 0 Å². The topological polar surface area (TPSA) is 109 Å². The summed E-state index contributed by atoms with van der Waals surface area (Å²) < 4.78 is 5.12. The van der Waals surface area contributed by atoms with Gasteiger partial charge in [0, 0.05) is 24.9 Å². The molecule has 3 rings (SSSR count). The minimum Gasteiger partial charge on any atom is -0.497 e. The predicted octanol–water partition coefficient (Wildman–Crippen LogP) is 1.51. The number of hydrogen-bond donors (Lipinski definition) is 2. The van der Waals surface area contributed by atoms with Crippen LogP contribution in [0.15, 0.2) is 29.6 Å². The highest BCUT2D eigenvalue weighted by Crippen LogP contribution is 2.22. The van der Waals surface area contributed by atoms with Crippen LogP contribution in [0.25, 0.3) is 0 Å². The van der Waals surface area contributed by atoms with Gasteiger partial charge in [-0.1, -0.05) is 12.1 Å². The number of methoxy groups -OCH3 is 1. The molecule has 0 bridgehead atoms. The quantitative estimate of drug-likeness (QED) is 0.743. The molecule has 2 aromatic rings. The summed E-state index contributed by atoms with van der Waals surface area (Å²) in [6.45, 7) is 0.954. The molecule has 2 N–H and O–H groups in total. The van der Waals surface area contributed by atoms with Crippen LogP contribution in [-0.2, 0) is 22.7 Å². The fraction of sp³-hybridized carbons (Fsp3) is 0.333. The van der Waals surface area contributed by atoms with Gasteiger partial charge < -0.3 is 20.1 Å². The number of ether oxygens (including phenoxy) is 1. The SMILES string of the molecule is COc1ccc(CN2C[C@H](C(=O)NCc3nc(C(=O)O)cs3)CC2=O)cc1. The molecule has 0 aliphatic carbocycles. The van der Waals surface area contributed by atoms with Gasteiger partial charge in [0.15, 0.2) is 5.69 Å². The number of carboxylic acid groups (broad SMARTS) is 1. The molecule has 1 aliphatic heterocycles. The number of rotatable bonds is 7. The molecule has 2 heterocycles. The van der Waals surface area contributed by atoms with Crippen molar-refractivity contribution in [3.05, 3.63) is 45.9 Å². The molecular weight excluding hydrogens is 370 g/mol. The van der Waals surface area contributed by atoms with E-state index in [1.807, 2.05) is 24.3 Å². The van der Waals surface area contributed by atoms with Gasteiger partial charge in [-0.25, -0.2) is 9.78 Å². The fourth-order valence-electron chi connectivity index (χ4n) is 2.85.